The average molecular weight is 257 g/mol. The zero-order valence-electron chi connectivity index (χ0n) is 9.78. The van der Waals surface area contributed by atoms with Gasteiger partial charge in [0, 0.05) is 12.4 Å². The standard InChI is InChI=1S/C11H13ClN2O3/c1-11(2,10(16)17-3)14-9(15)7-6-13-5-4-8(7)12/h4-6H,1-3H3,(H,14,15). The number of nitrogens with one attached hydrogen (secondary N) is 1. The molecule has 1 rings (SSSR count). The van der Waals surface area contributed by atoms with Gasteiger partial charge in [0.25, 0.3) is 5.91 Å². The molecule has 92 valence electrons. The Morgan fingerprint density at radius 2 is 2.12 bits per heavy atom. The van der Waals surface area contributed by atoms with Gasteiger partial charge in [0.1, 0.15) is 5.54 Å². The van der Waals surface area contributed by atoms with Gasteiger partial charge in [-0.15, -0.1) is 0 Å². The van der Waals surface area contributed by atoms with Crippen LogP contribution in [0.4, 0.5) is 0 Å². The number of pyridine rings is 1. The fraction of sp³-hybridized carbons (Fsp3) is 0.364. The van der Waals surface area contributed by atoms with Crippen molar-refractivity contribution < 1.29 is 14.3 Å². The second kappa shape index (κ2) is 5.14. The molecule has 5 nitrogen and oxygen atoms in total. The summed E-state index contributed by atoms with van der Waals surface area (Å²) in [6.07, 6.45) is 2.82. The number of ether oxygens (including phenoxy) is 1. The number of nitrogens with zero attached hydrogens (tertiary/aromatic N) is 1. The molecule has 0 aromatic carbocycles. The number of carbonyl (C=O) groups is 2. The van der Waals surface area contributed by atoms with Gasteiger partial charge in [-0.1, -0.05) is 11.6 Å². The van der Waals surface area contributed by atoms with Crippen LogP contribution < -0.4 is 5.32 Å². The minimum absolute atomic E-state index is 0.214. The molecule has 0 atom stereocenters. The summed E-state index contributed by atoms with van der Waals surface area (Å²) in [5, 5.41) is 2.80. The van der Waals surface area contributed by atoms with Crippen molar-refractivity contribution in [2.24, 2.45) is 0 Å². The van der Waals surface area contributed by atoms with Crippen molar-refractivity contribution >= 4 is 23.5 Å². The van der Waals surface area contributed by atoms with E-state index in [1.54, 1.807) is 13.8 Å². The Morgan fingerprint density at radius 3 is 2.65 bits per heavy atom. The lowest BCUT2D eigenvalue weighted by Crippen LogP contribution is -2.50. The van der Waals surface area contributed by atoms with Gasteiger partial charge in [-0.25, -0.2) is 4.79 Å². The molecule has 17 heavy (non-hydrogen) atoms. The van der Waals surface area contributed by atoms with Crippen LogP contribution in [0.5, 0.6) is 0 Å². The van der Waals surface area contributed by atoms with Crippen molar-refractivity contribution in [2.75, 3.05) is 7.11 Å². The Kier molecular flexibility index (Phi) is 4.07. The van der Waals surface area contributed by atoms with Gasteiger partial charge in [0.2, 0.25) is 0 Å². The van der Waals surface area contributed by atoms with Crippen LogP contribution in [-0.4, -0.2) is 29.5 Å². The molecule has 1 aromatic heterocycles. The zero-order chi connectivity index (χ0) is 13.1. The van der Waals surface area contributed by atoms with Crippen LogP contribution >= 0.6 is 11.6 Å². The van der Waals surface area contributed by atoms with Crippen LogP contribution in [0.25, 0.3) is 0 Å². The summed E-state index contributed by atoms with van der Waals surface area (Å²) in [4.78, 5) is 27.1. The molecule has 0 aliphatic rings. The van der Waals surface area contributed by atoms with E-state index in [-0.39, 0.29) is 10.6 Å². The molecule has 1 N–H and O–H groups in total. The second-order valence-electron chi connectivity index (χ2n) is 3.93. The molecule has 0 aliphatic heterocycles. The maximum Gasteiger partial charge on any atom is 0.330 e. The molecular formula is C11H13ClN2O3. The van der Waals surface area contributed by atoms with E-state index >= 15 is 0 Å². The first-order valence-electron chi connectivity index (χ1n) is 4.89. The summed E-state index contributed by atoms with van der Waals surface area (Å²) in [6, 6.07) is 1.50. The van der Waals surface area contributed by atoms with E-state index in [1.165, 1.54) is 25.6 Å². The first kappa shape index (κ1) is 13.4. The molecule has 1 heterocycles. The fourth-order valence-electron chi connectivity index (χ4n) is 1.20. The Labute approximate surface area is 104 Å². The van der Waals surface area contributed by atoms with Crippen LogP contribution in [0.15, 0.2) is 18.5 Å². The molecular weight excluding hydrogens is 244 g/mol. The molecule has 0 aliphatic carbocycles. The van der Waals surface area contributed by atoms with E-state index in [4.69, 9.17) is 11.6 Å². The number of hydrogen-bond acceptors (Lipinski definition) is 4. The van der Waals surface area contributed by atoms with Crippen molar-refractivity contribution in [3.63, 3.8) is 0 Å². The first-order valence-corrected chi connectivity index (χ1v) is 5.26. The largest absolute Gasteiger partial charge is 0.467 e. The van der Waals surface area contributed by atoms with Crippen molar-refractivity contribution in [1.29, 1.82) is 0 Å². The molecule has 1 amide bonds. The maximum atomic E-state index is 11.9. The number of rotatable bonds is 3. The monoisotopic (exact) mass is 256 g/mol. The van der Waals surface area contributed by atoms with Crippen molar-refractivity contribution in [3.8, 4) is 0 Å². The van der Waals surface area contributed by atoms with Gasteiger partial charge in [0.15, 0.2) is 0 Å². The van der Waals surface area contributed by atoms with E-state index < -0.39 is 17.4 Å². The van der Waals surface area contributed by atoms with E-state index in [0.29, 0.717) is 0 Å². The number of carbonyl (C=O) groups excluding carboxylic acids is 2. The number of aromatic nitrogens is 1. The number of amides is 1. The summed E-state index contributed by atoms with van der Waals surface area (Å²) in [7, 11) is 1.26. The molecule has 0 radical (unpaired) electrons. The van der Waals surface area contributed by atoms with Gasteiger partial charge < -0.3 is 10.1 Å². The summed E-state index contributed by atoms with van der Waals surface area (Å²) in [5.74, 6) is -1.01. The predicted molar refractivity (Wildman–Crippen MR) is 62.8 cm³/mol. The first-order chi connectivity index (χ1) is 7.88. The lowest BCUT2D eigenvalue weighted by atomic mass is 10.1. The zero-order valence-corrected chi connectivity index (χ0v) is 10.5. The third kappa shape index (κ3) is 3.17. The van der Waals surface area contributed by atoms with Gasteiger partial charge in [-0.3, -0.25) is 9.78 Å². The highest BCUT2D eigenvalue weighted by atomic mass is 35.5. The number of methoxy groups -OCH3 is 1. The number of halogens is 1. The Balaban J connectivity index is 2.87. The normalized spacial score (nSPS) is 10.8. The molecule has 0 unspecified atom stereocenters. The fourth-order valence-corrected chi connectivity index (χ4v) is 1.39. The highest BCUT2D eigenvalue weighted by Gasteiger charge is 2.31. The van der Waals surface area contributed by atoms with Crippen molar-refractivity contribution in [2.45, 2.75) is 19.4 Å². The predicted octanol–water partition coefficient (Wildman–Crippen LogP) is 1.42. The highest BCUT2D eigenvalue weighted by Crippen LogP contribution is 2.15. The second-order valence-corrected chi connectivity index (χ2v) is 4.33. The van der Waals surface area contributed by atoms with E-state index in [1.807, 2.05) is 0 Å². The summed E-state index contributed by atoms with van der Waals surface area (Å²) < 4.78 is 4.58. The van der Waals surface area contributed by atoms with Crippen LogP contribution in [0, 0.1) is 0 Å². The van der Waals surface area contributed by atoms with Crippen LogP contribution in [0.1, 0.15) is 24.2 Å². The minimum Gasteiger partial charge on any atom is -0.467 e. The molecule has 0 spiro atoms. The van der Waals surface area contributed by atoms with Gasteiger partial charge in [0.05, 0.1) is 17.7 Å². The van der Waals surface area contributed by atoms with Crippen LogP contribution in [0.2, 0.25) is 5.02 Å². The van der Waals surface area contributed by atoms with E-state index in [9.17, 15) is 9.59 Å². The Morgan fingerprint density at radius 1 is 1.47 bits per heavy atom. The molecule has 0 saturated heterocycles. The molecule has 0 bridgehead atoms. The number of hydrogen-bond donors (Lipinski definition) is 1. The third-order valence-electron chi connectivity index (χ3n) is 2.13. The van der Waals surface area contributed by atoms with Crippen molar-refractivity contribution in [3.05, 3.63) is 29.0 Å². The summed E-state index contributed by atoms with van der Waals surface area (Å²) >= 11 is 5.84. The van der Waals surface area contributed by atoms with Crippen LogP contribution in [0.3, 0.4) is 0 Å². The SMILES string of the molecule is COC(=O)C(C)(C)NC(=O)c1cnccc1Cl. The van der Waals surface area contributed by atoms with Crippen LogP contribution in [-0.2, 0) is 9.53 Å². The van der Waals surface area contributed by atoms with E-state index in [0.717, 1.165) is 0 Å². The van der Waals surface area contributed by atoms with Gasteiger partial charge >= 0.3 is 5.97 Å². The topological polar surface area (TPSA) is 68.3 Å². The van der Waals surface area contributed by atoms with Crippen molar-refractivity contribution in [1.82, 2.24) is 10.3 Å². The molecule has 0 saturated carbocycles. The molecule has 6 heteroatoms. The third-order valence-corrected chi connectivity index (χ3v) is 2.46. The van der Waals surface area contributed by atoms with Gasteiger partial charge in [-0.2, -0.15) is 0 Å². The average Bonchev–Trinajstić information content (AvgIpc) is 2.27. The lowest BCUT2D eigenvalue weighted by molar-refractivity contribution is -0.146. The Hall–Kier alpha value is -1.62. The highest BCUT2D eigenvalue weighted by molar-refractivity contribution is 6.33. The summed E-state index contributed by atoms with van der Waals surface area (Å²) in [5.41, 5.74) is -0.906. The molecule has 1 aromatic rings. The number of esters is 1. The Bertz CT molecular complexity index is 446. The smallest absolute Gasteiger partial charge is 0.330 e. The maximum absolute atomic E-state index is 11.9. The van der Waals surface area contributed by atoms with Gasteiger partial charge in [-0.05, 0) is 19.9 Å². The van der Waals surface area contributed by atoms with E-state index in [2.05, 4.69) is 15.0 Å². The minimum atomic E-state index is -1.12. The molecule has 0 fully saturated rings. The summed E-state index contributed by atoms with van der Waals surface area (Å²) in [6.45, 7) is 3.09. The lowest BCUT2D eigenvalue weighted by Gasteiger charge is -2.23. The quantitative estimate of drug-likeness (QED) is 0.831.